The Kier molecular flexibility index (Phi) is 2.62. The summed E-state index contributed by atoms with van der Waals surface area (Å²) in [6.45, 7) is 1.83. The van der Waals surface area contributed by atoms with Gasteiger partial charge in [-0.25, -0.2) is 0 Å². The van der Waals surface area contributed by atoms with E-state index in [2.05, 4.69) is 4.98 Å². The molecule has 0 fully saturated rings. The highest BCUT2D eigenvalue weighted by atomic mass is 16.5. The summed E-state index contributed by atoms with van der Waals surface area (Å²) < 4.78 is 4.73. The van der Waals surface area contributed by atoms with Crippen LogP contribution < -0.4 is 5.46 Å². The summed E-state index contributed by atoms with van der Waals surface area (Å²) in [6.07, 6.45) is 1.68. The molecule has 0 saturated carbocycles. The van der Waals surface area contributed by atoms with Gasteiger partial charge < -0.3 is 9.68 Å². The molecule has 1 N–H and O–H groups in total. The van der Waals surface area contributed by atoms with Crippen molar-refractivity contribution >= 4 is 12.6 Å². The second-order valence-corrected chi connectivity index (χ2v) is 2.27. The Morgan fingerprint density at radius 2 is 2.36 bits per heavy atom. The second-order valence-electron chi connectivity index (χ2n) is 2.27. The minimum absolute atomic E-state index is 0.718. The maximum Gasteiger partial charge on any atom is 0.492 e. The maximum absolute atomic E-state index is 9.25. The quantitative estimate of drug-likeness (QED) is 0.591. The van der Waals surface area contributed by atoms with Gasteiger partial charge in [-0.15, -0.1) is 0 Å². The van der Waals surface area contributed by atoms with Crippen molar-refractivity contribution in [3.63, 3.8) is 0 Å². The molecule has 0 aliphatic heterocycles. The minimum atomic E-state index is -0.858. The van der Waals surface area contributed by atoms with Crippen molar-refractivity contribution in [3.8, 4) is 0 Å². The van der Waals surface area contributed by atoms with Crippen molar-refractivity contribution < 1.29 is 9.68 Å². The number of hydrogen-bond donors (Lipinski definition) is 1. The molecule has 1 aromatic heterocycles. The topological polar surface area (TPSA) is 42.4 Å². The first-order chi connectivity index (χ1) is 5.25. The van der Waals surface area contributed by atoms with E-state index in [-0.39, 0.29) is 0 Å². The smallest absolute Gasteiger partial charge is 0.423 e. The van der Waals surface area contributed by atoms with Crippen molar-refractivity contribution in [2.24, 2.45) is 0 Å². The SMILES string of the molecule is COB(O)c1cccnc1C. The Balaban J connectivity index is 2.93. The molecule has 0 aliphatic carbocycles. The first kappa shape index (κ1) is 8.23. The molecular weight excluding hydrogens is 141 g/mol. The van der Waals surface area contributed by atoms with Gasteiger partial charge in [0.2, 0.25) is 0 Å². The fourth-order valence-corrected chi connectivity index (χ4v) is 0.885. The molecule has 4 heteroatoms. The lowest BCUT2D eigenvalue weighted by Gasteiger charge is -2.04. The lowest BCUT2D eigenvalue weighted by atomic mass is 9.79. The third-order valence-electron chi connectivity index (χ3n) is 1.54. The zero-order chi connectivity index (χ0) is 8.27. The predicted molar refractivity (Wildman–Crippen MR) is 43.6 cm³/mol. The molecule has 1 aromatic rings. The van der Waals surface area contributed by atoms with Gasteiger partial charge in [-0.05, 0) is 13.0 Å². The molecule has 0 saturated heterocycles. The molecule has 58 valence electrons. The molecule has 0 radical (unpaired) electrons. The molecule has 0 atom stereocenters. The van der Waals surface area contributed by atoms with E-state index in [1.54, 1.807) is 18.3 Å². The monoisotopic (exact) mass is 151 g/mol. The Morgan fingerprint density at radius 3 is 2.91 bits per heavy atom. The van der Waals surface area contributed by atoms with E-state index in [1.807, 2.05) is 6.92 Å². The number of pyridine rings is 1. The Bertz CT molecular complexity index is 242. The first-order valence-electron chi connectivity index (χ1n) is 3.38. The van der Waals surface area contributed by atoms with Gasteiger partial charge in [-0.2, -0.15) is 0 Å². The Morgan fingerprint density at radius 1 is 1.64 bits per heavy atom. The number of aromatic nitrogens is 1. The molecule has 0 bridgehead atoms. The van der Waals surface area contributed by atoms with E-state index in [0.29, 0.717) is 0 Å². The van der Waals surface area contributed by atoms with Gasteiger partial charge in [0, 0.05) is 24.5 Å². The first-order valence-corrected chi connectivity index (χ1v) is 3.38. The third-order valence-corrected chi connectivity index (χ3v) is 1.54. The summed E-state index contributed by atoms with van der Waals surface area (Å²) in [5.74, 6) is 0. The lowest BCUT2D eigenvalue weighted by Crippen LogP contribution is -2.34. The Labute approximate surface area is 66.2 Å². The molecule has 0 amide bonds. The van der Waals surface area contributed by atoms with Crippen LogP contribution in [-0.4, -0.2) is 24.2 Å². The molecule has 3 nitrogen and oxygen atoms in total. The molecular formula is C7H10BNO2. The normalized spacial score (nSPS) is 9.73. The summed E-state index contributed by atoms with van der Waals surface area (Å²) in [5, 5.41) is 9.25. The van der Waals surface area contributed by atoms with Crippen molar-refractivity contribution in [2.75, 3.05) is 7.11 Å². The van der Waals surface area contributed by atoms with Crippen molar-refractivity contribution in [3.05, 3.63) is 24.0 Å². The highest BCUT2D eigenvalue weighted by molar-refractivity contribution is 6.60. The van der Waals surface area contributed by atoms with Gasteiger partial charge >= 0.3 is 7.12 Å². The number of aryl methyl sites for hydroxylation is 1. The number of nitrogens with zero attached hydrogens (tertiary/aromatic N) is 1. The van der Waals surface area contributed by atoms with Gasteiger partial charge in [0.25, 0.3) is 0 Å². The summed E-state index contributed by atoms with van der Waals surface area (Å²) in [4.78, 5) is 4.01. The summed E-state index contributed by atoms with van der Waals surface area (Å²) in [6, 6.07) is 3.56. The van der Waals surface area contributed by atoms with Gasteiger partial charge in [-0.1, -0.05) is 6.07 Å². The van der Waals surface area contributed by atoms with E-state index < -0.39 is 7.12 Å². The van der Waals surface area contributed by atoms with Crippen LogP contribution in [0.25, 0.3) is 0 Å². The summed E-state index contributed by atoms with van der Waals surface area (Å²) in [7, 11) is 0.598. The van der Waals surface area contributed by atoms with Crippen molar-refractivity contribution in [1.29, 1.82) is 0 Å². The average molecular weight is 151 g/mol. The lowest BCUT2D eigenvalue weighted by molar-refractivity contribution is 0.341. The van der Waals surface area contributed by atoms with Crippen LogP contribution in [0.3, 0.4) is 0 Å². The van der Waals surface area contributed by atoms with E-state index in [0.717, 1.165) is 11.2 Å². The zero-order valence-corrected chi connectivity index (χ0v) is 6.61. The van der Waals surface area contributed by atoms with Crippen LogP contribution in [0.5, 0.6) is 0 Å². The second kappa shape index (κ2) is 3.50. The van der Waals surface area contributed by atoms with Crippen LogP contribution in [0.1, 0.15) is 5.69 Å². The number of hydrogen-bond acceptors (Lipinski definition) is 3. The van der Waals surface area contributed by atoms with Crippen molar-refractivity contribution in [1.82, 2.24) is 4.98 Å². The van der Waals surface area contributed by atoms with Crippen LogP contribution in [0.4, 0.5) is 0 Å². The van der Waals surface area contributed by atoms with E-state index in [4.69, 9.17) is 4.65 Å². The van der Waals surface area contributed by atoms with E-state index >= 15 is 0 Å². The van der Waals surface area contributed by atoms with E-state index in [1.165, 1.54) is 7.11 Å². The fraction of sp³-hybridized carbons (Fsp3) is 0.286. The average Bonchev–Trinajstić information content (AvgIpc) is 2.04. The van der Waals surface area contributed by atoms with E-state index in [9.17, 15) is 5.02 Å². The zero-order valence-electron chi connectivity index (χ0n) is 6.61. The van der Waals surface area contributed by atoms with Crippen LogP contribution in [0.15, 0.2) is 18.3 Å². The fourth-order valence-electron chi connectivity index (χ4n) is 0.885. The number of rotatable bonds is 2. The molecule has 11 heavy (non-hydrogen) atoms. The van der Waals surface area contributed by atoms with Crippen LogP contribution in [-0.2, 0) is 4.65 Å². The van der Waals surface area contributed by atoms with Crippen LogP contribution >= 0.6 is 0 Å². The van der Waals surface area contributed by atoms with Crippen molar-refractivity contribution in [2.45, 2.75) is 6.92 Å². The highest BCUT2D eigenvalue weighted by Crippen LogP contribution is 1.89. The summed E-state index contributed by atoms with van der Waals surface area (Å²) in [5.41, 5.74) is 1.51. The predicted octanol–water partition coefficient (Wildman–Crippen LogP) is -0.276. The Hall–Kier alpha value is -0.865. The molecule has 1 heterocycles. The molecule has 0 aliphatic rings. The molecule has 0 spiro atoms. The highest BCUT2D eigenvalue weighted by Gasteiger charge is 2.16. The third kappa shape index (κ3) is 1.79. The van der Waals surface area contributed by atoms with Gasteiger partial charge in [0.15, 0.2) is 0 Å². The molecule has 0 aromatic carbocycles. The minimum Gasteiger partial charge on any atom is -0.423 e. The van der Waals surface area contributed by atoms with Gasteiger partial charge in [0.1, 0.15) is 0 Å². The largest absolute Gasteiger partial charge is 0.492 e. The van der Waals surface area contributed by atoms with Gasteiger partial charge in [-0.3, -0.25) is 4.98 Å². The summed E-state index contributed by atoms with van der Waals surface area (Å²) >= 11 is 0. The standard InChI is InChI=1S/C7H10BNO2/c1-6-7(8(10)11-2)4-3-5-9-6/h3-5,10H,1-2H3. The van der Waals surface area contributed by atoms with Gasteiger partial charge in [0.05, 0.1) is 0 Å². The van der Waals surface area contributed by atoms with Crippen LogP contribution in [0.2, 0.25) is 0 Å². The maximum atomic E-state index is 9.25. The van der Waals surface area contributed by atoms with Crippen LogP contribution in [0, 0.1) is 6.92 Å². The molecule has 1 rings (SSSR count). The molecule has 0 unspecified atom stereocenters.